The Morgan fingerprint density at radius 2 is 1.08 bits per heavy atom. The van der Waals surface area contributed by atoms with Gasteiger partial charge in [0.05, 0.1) is 22.2 Å². The average molecular weight is 680 g/mol. The van der Waals surface area contributed by atoms with Crippen molar-refractivity contribution >= 4 is 32.7 Å². The van der Waals surface area contributed by atoms with Crippen LogP contribution in [0.3, 0.4) is 0 Å². The topological polar surface area (TPSA) is 30.7 Å². The smallest absolute Gasteiger partial charge is 0.160 e. The molecular weight excluding hydrogens is 643 g/mol. The molecule has 0 atom stereocenters. The Balaban J connectivity index is 1.27. The molecule has 53 heavy (non-hydrogen) atoms. The molecule has 0 unspecified atom stereocenters. The number of hydrogen-bond acceptors (Lipinski definition) is 2. The van der Waals surface area contributed by atoms with E-state index in [1.807, 2.05) is 6.07 Å². The Morgan fingerprint density at radius 1 is 0.491 bits per heavy atom. The van der Waals surface area contributed by atoms with Crippen molar-refractivity contribution in [3.63, 3.8) is 0 Å². The van der Waals surface area contributed by atoms with Crippen LogP contribution in [0, 0.1) is 0 Å². The maximum Gasteiger partial charge on any atom is 0.160 e. The Bertz CT molecular complexity index is 3000. The predicted octanol–water partition coefficient (Wildman–Crippen LogP) is 12.7. The molecule has 0 fully saturated rings. The maximum atomic E-state index is 5.26. The molecule has 0 saturated heterocycles. The van der Waals surface area contributed by atoms with E-state index in [0.717, 1.165) is 39.2 Å². The van der Waals surface area contributed by atoms with Crippen LogP contribution in [-0.4, -0.2) is 14.5 Å². The number of aromatic nitrogens is 3. The lowest BCUT2D eigenvalue weighted by atomic mass is 9.72. The van der Waals surface area contributed by atoms with Gasteiger partial charge in [-0.25, -0.2) is 9.97 Å². The van der Waals surface area contributed by atoms with Gasteiger partial charge in [-0.1, -0.05) is 155 Å². The first kappa shape index (κ1) is 30.3. The quantitative estimate of drug-likeness (QED) is 0.186. The van der Waals surface area contributed by atoms with Gasteiger partial charge in [0.1, 0.15) is 0 Å². The van der Waals surface area contributed by atoms with E-state index in [4.69, 9.17) is 9.97 Å². The molecule has 2 heterocycles. The van der Waals surface area contributed by atoms with E-state index < -0.39 is 0 Å². The molecule has 0 amide bonds. The van der Waals surface area contributed by atoms with Crippen LogP contribution in [0.2, 0.25) is 0 Å². The van der Waals surface area contributed by atoms with Crippen molar-refractivity contribution in [3.05, 3.63) is 174 Å². The van der Waals surface area contributed by atoms with Gasteiger partial charge < -0.3 is 4.57 Å². The van der Waals surface area contributed by atoms with Gasteiger partial charge in [0.25, 0.3) is 0 Å². The fourth-order valence-electron chi connectivity index (χ4n) is 9.84. The molecule has 0 radical (unpaired) electrons. The Kier molecular flexibility index (Phi) is 6.07. The summed E-state index contributed by atoms with van der Waals surface area (Å²) < 4.78 is 2.53. The molecule has 3 heteroatoms. The molecule has 0 saturated carbocycles. The SMILES string of the molecule is CC1(C)c2ccccc2-c2c1c1c(c3c2c2ccccc2n3-c2cccc(-c3nc(-c4ccccc4)c4ccccc4n3)c2)-c2ccccc2C1(C)C. The van der Waals surface area contributed by atoms with E-state index in [2.05, 4.69) is 178 Å². The molecule has 9 aromatic rings. The molecule has 2 aromatic heterocycles. The summed E-state index contributed by atoms with van der Waals surface area (Å²) in [5, 5.41) is 3.66. The Morgan fingerprint density at radius 3 is 1.83 bits per heavy atom. The van der Waals surface area contributed by atoms with Crippen molar-refractivity contribution in [1.82, 2.24) is 14.5 Å². The van der Waals surface area contributed by atoms with E-state index in [-0.39, 0.29) is 10.8 Å². The van der Waals surface area contributed by atoms with E-state index in [0.29, 0.717) is 0 Å². The van der Waals surface area contributed by atoms with Gasteiger partial charge >= 0.3 is 0 Å². The van der Waals surface area contributed by atoms with Crippen LogP contribution in [0.5, 0.6) is 0 Å². The number of nitrogens with zero attached hydrogens (tertiary/aromatic N) is 3. The lowest BCUT2D eigenvalue weighted by Gasteiger charge is -2.31. The van der Waals surface area contributed by atoms with E-state index in [9.17, 15) is 0 Å². The zero-order chi connectivity index (χ0) is 35.6. The van der Waals surface area contributed by atoms with Gasteiger partial charge in [-0.2, -0.15) is 0 Å². The summed E-state index contributed by atoms with van der Waals surface area (Å²) in [5.74, 6) is 0.721. The molecule has 252 valence electrons. The third-order valence-corrected chi connectivity index (χ3v) is 12.1. The van der Waals surface area contributed by atoms with Crippen molar-refractivity contribution in [2.75, 3.05) is 0 Å². The number of para-hydroxylation sites is 2. The first-order valence-electron chi connectivity index (χ1n) is 18.6. The largest absolute Gasteiger partial charge is 0.309 e. The van der Waals surface area contributed by atoms with Gasteiger partial charge in [-0.15, -0.1) is 0 Å². The van der Waals surface area contributed by atoms with E-state index >= 15 is 0 Å². The summed E-state index contributed by atoms with van der Waals surface area (Å²) in [4.78, 5) is 10.4. The van der Waals surface area contributed by atoms with Crippen LogP contribution in [0.1, 0.15) is 49.9 Å². The van der Waals surface area contributed by atoms with Gasteiger partial charge in [0.15, 0.2) is 5.82 Å². The van der Waals surface area contributed by atoms with Crippen molar-refractivity contribution < 1.29 is 0 Å². The molecule has 2 aliphatic rings. The van der Waals surface area contributed by atoms with Crippen LogP contribution in [0.15, 0.2) is 152 Å². The second-order valence-electron chi connectivity index (χ2n) is 15.7. The number of fused-ring (bicyclic) bond motifs is 13. The minimum atomic E-state index is -0.181. The highest BCUT2D eigenvalue weighted by Crippen LogP contribution is 2.63. The summed E-state index contributed by atoms with van der Waals surface area (Å²) in [7, 11) is 0. The molecule has 11 rings (SSSR count). The lowest BCUT2D eigenvalue weighted by molar-refractivity contribution is 0.602. The predicted molar refractivity (Wildman–Crippen MR) is 220 cm³/mol. The van der Waals surface area contributed by atoms with Crippen LogP contribution >= 0.6 is 0 Å². The monoisotopic (exact) mass is 679 g/mol. The first-order valence-corrected chi connectivity index (χ1v) is 18.6. The molecule has 7 aromatic carbocycles. The van der Waals surface area contributed by atoms with Crippen LogP contribution in [0.4, 0.5) is 0 Å². The molecule has 0 bridgehead atoms. The number of benzene rings is 7. The minimum Gasteiger partial charge on any atom is -0.309 e. The molecule has 0 aliphatic heterocycles. The second kappa shape index (κ2) is 10.6. The lowest BCUT2D eigenvalue weighted by Crippen LogP contribution is -2.24. The summed E-state index contributed by atoms with van der Waals surface area (Å²) >= 11 is 0. The van der Waals surface area contributed by atoms with Gasteiger partial charge in [-0.05, 0) is 63.2 Å². The number of rotatable bonds is 3. The molecule has 0 spiro atoms. The van der Waals surface area contributed by atoms with E-state index in [1.165, 1.54) is 66.3 Å². The van der Waals surface area contributed by atoms with Crippen molar-refractivity contribution in [3.8, 4) is 50.6 Å². The third kappa shape index (κ3) is 4.00. The average Bonchev–Trinajstić information content (AvgIpc) is 3.75. The van der Waals surface area contributed by atoms with Crippen LogP contribution in [0.25, 0.3) is 83.3 Å². The molecule has 0 N–H and O–H groups in total. The third-order valence-electron chi connectivity index (χ3n) is 12.1. The summed E-state index contributed by atoms with van der Waals surface area (Å²) in [6.07, 6.45) is 0. The Labute approximate surface area is 309 Å². The normalized spacial score (nSPS) is 14.7. The van der Waals surface area contributed by atoms with E-state index in [1.54, 1.807) is 0 Å². The zero-order valence-corrected chi connectivity index (χ0v) is 30.3. The van der Waals surface area contributed by atoms with Crippen LogP contribution < -0.4 is 0 Å². The molecule has 3 nitrogen and oxygen atoms in total. The fourth-order valence-corrected chi connectivity index (χ4v) is 9.84. The second-order valence-corrected chi connectivity index (χ2v) is 15.7. The summed E-state index contributed by atoms with van der Waals surface area (Å²) in [6, 6.07) is 54.8. The van der Waals surface area contributed by atoms with Gasteiger partial charge in [0, 0.05) is 49.4 Å². The van der Waals surface area contributed by atoms with Crippen LogP contribution in [-0.2, 0) is 10.8 Å². The zero-order valence-electron chi connectivity index (χ0n) is 30.3. The number of hydrogen-bond donors (Lipinski definition) is 0. The minimum absolute atomic E-state index is 0.156. The van der Waals surface area contributed by atoms with Crippen molar-refractivity contribution in [1.29, 1.82) is 0 Å². The van der Waals surface area contributed by atoms with Gasteiger partial charge in [0.2, 0.25) is 0 Å². The fraction of sp³-hybridized carbons (Fsp3) is 0.120. The Hall–Kier alpha value is -6.32. The summed E-state index contributed by atoms with van der Waals surface area (Å²) in [5.41, 5.74) is 18.3. The highest BCUT2D eigenvalue weighted by Gasteiger charge is 2.48. The maximum absolute atomic E-state index is 5.26. The molecule has 2 aliphatic carbocycles. The summed E-state index contributed by atoms with van der Waals surface area (Å²) in [6.45, 7) is 9.72. The van der Waals surface area contributed by atoms with Crippen molar-refractivity contribution in [2.24, 2.45) is 0 Å². The highest BCUT2D eigenvalue weighted by atomic mass is 15.0. The van der Waals surface area contributed by atoms with Gasteiger partial charge in [-0.3, -0.25) is 0 Å². The first-order chi connectivity index (χ1) is 25.8. The van der Waals surface area contributed by atoms with Crippen molar-refractivity contribution in [2.45, 2.75) is 38.5 Å². The highest BCUT2D eigenvalue weighted by molar-refractivity contribution is 6.23. The standard InChI is InChI=1S/C50H37N3/c1-49(2)37-25-12-8-21-33(37)41-42-36-24-11-15-28-40(36)53(47(42)43-34-22-9-13-26-38(34)50(3,4)45(43)44(41)49)32-20-16-19-31(29-32)48-51-39-27-14-10-23-35(39)46(52-48)30-17-6-5-7-18-30/h5-29H,1-4H3. The molecular formula is C50H37N3.